The first-order valence-corrected chi connectivity index (χ1v) is 7.58. The second-order valence-corrected chi connectivity index (χ2v) is 7.16. The third-order valence-corrected chi connectivity index (χ3v) is 5.68. The minimum absolute atomic E-state index is 0.153. The second kappa shape index (κ2) is 4.96. The van der Waals surface area contributed by atoms with Crippen molar-refractivity contribution >= 4 is 10.8 Å². The molecule has 90 valence electrons. The van der Waals surface area contributed by atoms with Crippen LogP contribution in [-0.2, 0) is 10.8 Å². The van der Waals surface area contributed by atoms with Crippen LogP contribution in [0, 0.1) is 11.3 Å². The van der Waals surface area contributed by atoms with E-state index in [0.29, 0.717) is 11.3 Å². The molecule has 4 atom stereocenters. The van der Waals surface area contributed by atoms with Crippen molar-refractivity contribution in [2.45, 2.75) is 57.7 Å². The Kier molecular flexibility index (Phi) is 4.36. The first-order chi connectivity index (χ1) is 6.88. The van der Waals surface area contributed by atoms with Gasteiger partial charge in [0.2, 0.25) is 0 Å². The average molecular weight is 231 g/mol. The zero-order valence-electron chi connectivity index (χ0n) is 10.5. The van der Waals surface area contributed by atoms with E-state index in [1.165, 1.54) is 12.8 Å². The van der Waals surface area contributed by atoms with Gasteiger partial charge in [-0.3, -0.25) is 4.21 Å². The van der Waals surface area contributed by atoms with Gasteiger partial charge in [-0.25, -0.2) is 0 Å². The van der Waals surface area contributed by atoms with Gasteiger partial charge in [-0.15, -0.1) is 0 Å². The molecule has 0 saturated heterocycles. The molecule has 15 heavy (non-hydrogen) atoms. The average Bonchev–Trinajstić information content (AvgIpc) is 2.17. The van der Waals surface area contributed by atoms with Crippen molar-refractivity contribution in [2.75, 3.05) is 6.26 Å². The van der Waals surface area contributed by atoms with Gasteiger partial charge in [0.05, 0.1) is 0 Å². The predicted molar refractivity (Wildman–Crippen MR) is 67.2 cm³/mol. The number of nitrogens with two attached hydrogens (primary N) is 1. The molecule has 3 heteroatoms. The lowest BCUT2D eigenvalue weighted by Gasteiger charge is -2.41. The van der Waals surface area contributed by atoms with Gasteiger partial charge in [0.25, 0.3) is 0 Å². The lowest BCUT2D eigenvalue weighted by molar-refractivity contribution is 0.147. The fraction of sp³-hybridized carbons (Fsp3) is 1.00. The van der Waals surface area contributed by atoms with Crippen molar-refractivity contribution in [3.63, 3.8) is 0 Å². The van der Waals surface area contributed by atoms with Crippen LogP contribution in [0.2, 0.25) is 0 Å². The largest absolute Gasteiger partial charge is 0.327 e. The molecule has 0 aromatic rings. The fourth-order valence-corrected chi connectivity index (χ4v) is 3.66. The molecule has 4 unspecified atom stereocenters. The van der Waals surface area contributed by atoms with Crippen LogP contribution >= 0.6 is 0 Å². The van der Waals surface area contributed by atoms with Crippen molar-refractivity contribution in [3.8, 4) is 0 Å². The van der Waals surface area contributed by atoms with E-state index >= 15 is 0 Å². The maximum atomic E-state index is 11.6. The first kappa shape index (κ1) is 13.2. The van der Waals surface area contributed by atoms with E-state index in [1.54, 1.807) is 6.26 Å². The smallest absolute Gasteiger partial charge is 0.0499 e. The van der Waals surface area contributed by atoms with Gasteiger partial charge in [0.1, 0.15) is 0 Å². The van der Waals surface area contributed by atoms with Crippen LogP contribution in [0.1, 0.15) is 46.5 Å². The molecule has 1 fully saturated rings. The number of hydrogen-bond donors (Lipinski definition) is 1. The summed E-state index contributed by atoms with van der Waals surface area (Å²) in [4.78, 5) is 0. The van der Waals surface area contributed by atoms with Crippen LogP contribution < -0.4 is 5.73 Å². The SMILES string of the molecule is CCC(C)(C)C1CCC(N)C(S(C)=O)C1. The first-order valence-electron chi connectivity index (χ1n) is 5.96. The van der Waals surface area contributed by atoms with Gasteiger partial charge in [0, 0.05) is 28.3 Å². The molecular formula is C12H25NOS. The monoisotopic (exact) mass is 231 g/mol. The summed E-state index contributed by atoms with van der Waals surface area (Å²) >= 11 is 0. The molecule has 0 heterocycles. The van der Waals surface area contributed by atoms with E-state index in [9.17, 15) is 4.21 Å². The fourth-order valence-electron chi connectivity index (χ4n) is 2.53. The second-order valence-electron chi connectivity index (χ2n) is 5.55. The topological polar surface area (TPSA) is 43.1 Å². The summed E-state index contributed by atoms with van der Waals surface area (Å²) in [5.74, 6) is 0.691. The standard InChI is InChI=1S/C12H25NOS/c1-5-12(2,3)9-6-7-10(13)11(8-9)15(4)14/h9-11H,5-8,13H2,1-4H3. The molecule has 0 radical (unpaired) electrons. The van der Waals surface area contributed by atoms with Gasteiger partial charge in [0.15, 0.2) is 0 Å². The summed E-state index contributed by atoms with van der Waals surface area (Å²) < 4.78 is 11.6. The highest BCUT2D eigenvalue weighted by molar-refractivity contribution is 7.85. The minimum atomic E-state index is -0.765. The van der Waals surface area contributed by atoms with E-state index in [0.717, 1.165) is 12.8 Å². The third-order valence-electron chi connectivity index (χ3n) is 4.29. The highest BCUT2D eigenvalue weighted by Gasteiger charge is 2.37. The summed E-state index contributed by atoms with van der Waals surface area (Å²) in [5, 5.41) is 0.217. The van der Waals surface area contributed by atoms with Crippen molar-refractivity contribution in [1.82, 2.24) is 0 Å². The summed E-state index contributed by atoms with van der Waals surface area (Å²) in [5.41, 5.74) is 6.41. The van der Waals surface area contributed by atoms with Gasteiger partial charge in [-0.1, -0.05) is 27.2 Å². The molecule has 1 aliphatic rings. The summed E-state index contributed by atoms with van der Waals surface area (Å²) in [6.07, 6.45) is 6.28. The normalized spacial score (nSPS) is 35.1. The molecule has 1 aliphatic carbocycles. The zero-order chi connectivity index (χ0) is 11.6. The van der Waals surface area contributed by atoms with Crippen molar-refractivity contribution < 1.29 is 4.21 Å². The van der Waals surface area contributed by atoms with E-state index in [1.807, 2.05) is 0 Å². The molecule has 0 aromatic carbocycles. The Morgan fingerprint density at radius 3 is 2.47 bits per heavy atom. The molecule has 0 aliphatic heterocycles. The maximum Gasteiger partial charge on any atom is 0.0499 e. The summed E-state index contributed by atoms with van der Waals surface area (Å²) in [6.45, 7) is 6.89. The Morgan fingerprint density at radius 1 is 1.40 bits per heavy atom. The maximum absolute atomic E-state index is 11.6. The molecule has 0 amide bonds. The van der Waals surface area contributed by atoms with Crippen molar-refractivity contribution in [1.29, 1.82) is 0 Å². The van der Waals surface area contributed by atoms with Crippen molar-refractivity contribution in [3.05, 3.63) is 0 Å². The summed E-state index contributed by atoms with van der Waals surface area (Å²) in [7, 11) is -0.765. The zero-order valence-corrected chi connectivity index (χ0v) is 11.3. The number of hydrogen-bond acceptors (Lipinski definition) is 2. The van der Waals surface area contributed by atoms with Gasteiger partial charge in [-0.05, 0) is 30.6 Å². The van der Waals surface area contributed by atoms with Gasteiger partial charge in [-0.2, -0.15) is 0 Å². The van der Waals surface area contributed by atoms with Crippen LogP contribution in [0.5, 0.6) is 0 Å². The Hall–Kier alpha value is 0.110. The molecule has 2 N–H and O–H groups in total. The molecular weight excluding hydrogens is 206 g/mol. The molecule has 2 nitrogen and oxygen atoms in total. The molecule has 0 bridgehead atoms. The third kappa shape index (κ3) is 3.04. The lowest BCUT2D eigenvalue weighted by atomic mass is 9.69. The van der Waals surface area contributed by atoms with Crippen LogP contribution in [0.15, 0.2) is 0 Å². The Morgan fingerprint density at radius 2 is 2.00 bits per heavy atom. The van der Waals surface area contributed by atoms with Crippen molar-refractivity contribution in [2.24, 2.45) is 17.1 Å². The Bertz CT molecular complexity index is 240. The van der Waals surface area contributed by atoms with Gasteiger partial charge >= 0.3 is 0 Å². The highest BCUT2D eigenvalue weighted by Crippen LogP contribution is 2.41. The van der Waals surface area contributed by atoms with E-state index in [-0.39, 0.29) is 11.3 Å². The molecule has 1 rings (SSSR count). The predicted octanol–water partition coefficient (Wildman–Crippen LogP) is 2.30. The number of rotatable bonds is 3. The highest BCUT2D eigenvalue weighted by atomic mass is 32.2. The minimum Gasteiger partial charge on any atom is -0.327 e. The van der Waals surface area contributed by atoms with E-state index in [2.05, 4.69) is 20.8 Å². The van der Waals surface area contributed by atoms with Crippen LogP contribution in [0.25, 0.3) is 0 Å². The molecule has 1 saturated carbocycles. The summed E-state index contributed by atoms with van der Waals surface area (Å²) in [6, 6.07) is 0.153. The Labute approximate surface area is 96.5 Å². The lowest BCUT2D eigenvalue weighted by Crippen LogP contribution is -2.45. The van der Waals surface area contributed by atoms with E-state index < -0.39 is 10.8 Å². The Balaban J connectivity index is 2.69. The van der Waals surface area contributed by atoms with Crippen LogP contribution in [0.4, 0.5) is 0 Å². The quantitative estimate of drug-likeness (QED) is 0.810. The van der Waals surface area contributed by atoms with Crippen LogP contribution in [0.3, 0.4) is 0 Å². The molecule has 0 aromatic heterocycles. The van der Waals surface area contributed by atoms with Gasteiger partial charge < -0.3 is 5.73 Å². The molecule has 0 spiro atoms. The van der Waals surface area contributed by atoms with E-state index in [4.69, 9.17) is 5.73 Å². The van der Waals surface area contributed by atoms with Crippen LogP contribution in [-0.4, -0.2) is 21.8 Å².